The molecule has 0 fully saturated rings. The number of benzene rings is 2. The summed E-state index contributed by atoms with van der Waals surface area (Å²) in [5.74, 6) is 1.32. The summed E-state index contributed by atoms with van der Waals surface area (Å²) in [6.07, 6.45) is 0.822. The van der Waals surface area contributed by atoms with Gasteiger partial charge in [-0.25, -0.2) is 0 Å². The second-order valence-corrected chi connectivity index (χ2v) is 18.2. The number of carbonyl (C=O) groups is 2. The number of halogens is 1. The van der Waals surface area contributed by atoms with Crippen LogP contribution in [-0.4, -0.2) is 43.1 Å². The van der Waals surface area contributed by atoms with Gasteiger partial charge in [0, 0.05) is 0 Å². The average Bonchev–Trinajstić information content (AvgIpc) is 3.26. The molecular weight excluding hydrogens is 616 g/mol. The van der Waals surface area contributed by atoms with Crippen LogP contribution in [0.15, 0.2) is 36.4 Å². The van der Waals surface area contributed by atoms with E-state index in [2.05, 4.69) is 5.32 Å². The van der Waals surface area contributed by atoms with Gasteiger partial charge in [0.2, 0.25) is 0 Å². The molecule has 0 aliphatic carbocycles. The Morgan fingerprint density at radius 2 is 1.78 bits per heavy atom. The number of ether oxygens (including phenoxy) is 2. The van der Waals surface area contributed by atoms with Crippen molar-refractivity contribution in [1.82, 2.24) is 0 Å². The summed E-state index contributed by atoms with van der Waals surface area (Å²) in [6, 6.07) is 10.9. The van der Waals surface area contributed by atoms with Gasteiger partial charge in [0.25, 0.3) is 0 Å². The number of thioether (sulfide) groups is 1. The van der Waals surface area contributed by atoms with Crippen LogP contribution in [0, 0.1) is 0 Å². The van der Waals surface area contributed by atoms with Gasteiger partial charge < -0.3 is 0 Å². The number of nitrogens with one attached hydrogen (secondary N) is 1. The van der Waals surface area contributed by atoms with Crippen molar-refractivity contribution in [1.29, 1.82) is 0 Å². The summed E-state index contributed by atoms with van der Waals surface area (Å²) < 4.78 is 34.6. The fraction of sp³-hybridized carbons (Fsp3) is 0.440. The van der Waals surface area contributed by atoms with Crippen molar-refractivity contribution in [2.24, 2.45) is 0 Å². The molecule has 2 atom stereocenters. The zero-order chi connectivity index (χ0) is 25.9. The van der Waals surface area contributed by atoms with Crippen molar-refractivity contribution >= 4 is 54.6 Å². The summed E-state index contributed by atoms with van der Waals surface area (Å²) in [6.45, 7) is 6.25. The number of rotatable bonds is 9. The first-order valence-electron chi connectivity index (χ1n) is 11.7. The molecule has 0 saturated heterocycles. The number of alkyl halides is 2. The summed E-state index contributed by atoms with van der Waals surface area (Å²) in [5, 5.41) is 2.81. The third-order valence-electron chi connectivity index (χ3n) is 5.83. The van der Waals surface area contributed by atoms with E-state index in [0.717, 1.165) is 11.1 Å². The topological polar surface area (TPSA) is 100 Å². The Balaban J connectivity index is 1.44. The molecule has 36 heavy (non-hydrogen) atoms. The molecule has 2 aliphatic rings. The molecule has 1 N–H and O–H groups in total. The Kier molecular flexibility index (Phi) is 9.04. The molecule has 0 radical (unpaired) electrons. The Morgan fingerprint density at radius 1 is 1.14 bits per heavy atom. The van der Waals surface area contributed by atoms with Crippen LogP contribution in [0.4, 0.5) is 10.5 Å². The van der Waals surface area contributed by atoms with Crippen LogP contribution in [0.5, 0.6) is 11.5 Å². The molecule has 1 amide bonds. The van der Waals surface area contributed by atoms with Crippen molar-refractivity contribution in [3.63, 3.8) is 0 Å². The first kappa shape index (κ1) is 27.4. The quantitative estimate of drug-likeness (QED) is 0.105. The predicted octanol–water partition coefficient (Wildman–Crippen LogP) is 6.74. The third kappa shape index (κ3) is 6.27. The van der Waals surface area contributed by atoms with Crippen LogP contribution in [0.3, 0.4) is 0 Å². The predicted molar refractivity (Wildman–Crippen MR) is 151 cm³/mol. The first-order valence-corrected chi connectivity index (χ1v) is 18.9. The van der Waals surface area contributed by atoms with Crippen LogP contribution in [-0.2, 0) is 26.2 Å². The van der Waals surface area contributed by atoms with Crippen LogP contribution < -0.4 is 14.8 Å². The van der Waals surface area contributed by atoms with E-state index >= 15 is 0 Å². The van der Waals surface area contributed by atoms with E-state index in [1.54, 1.807) is 31.7 Å². The summed E-state index contributed by atoms with van der Waals surface area (Å²) in [5.41, 5.74) is 3.08. The monoisotopic (exact) mass is 647 g/mol. The van der Waals surface area contributed by atoms with E-state index in [9.17, 15) is 14.2 Å². The fourth-order valence-electron chi connectivity index (χ4n) is 4.04. The van der Waals surface area contributed by atoms with E-state index in [1.807, 2.05) is 42.2 Å². The van der Waals surface area contributed by atoms with Gasteiger partial charge in [-0.05, 0) is 0 Å². The number of carbonyl (C=O) groups excluding carboxylic acids is 2. The van der Waals surface area contributed by atoms with Crippen LogP contribution in [0.1, 0.15) is 42.3 Å². The molecular formula is C25H31INO7PS. The van der Waals surface area contributed by atoms with Crippen molar-refractivity contribution in [3.05, 3.63) is 53.1 Å². The third-order valence-corrected chi connectivity index (χ3v) is 16.0. The molecule has 4 rings (SSSR count). The van der Waals surface area contributed by atoms with Gasteiger partial charge in [-0.3, -0.25) is 0 Å². The number of Topliss-reactive ketones (excluding diaryl/α,β-unsaturated/α-hetero) is 1. The Labute approximate surface area is 223 Å². The summed E-state index contributed by atoms with van der Waals surface area (Å²) in [4.78, 5) is 28.3. The van der Waals surface area contributed by atoms with E-state index in [-0.39, 0.29) is 31.2 Å². The molecule has 0 aromatic heterocycles. The van der Waals surface area contributed by atoms with Crippen LogP contribution >= 0.6 is 39.2 Å². The Hall–Kier alpha value is -1.59. The van der Waals surface area contributed by atoms with E-state index in [0.29, 0.717) is 42.4 Å². The second kappa shape index (κ2) is 11.9. The molecule has 0 saturated carbocycles. The van der Waals surface area contributed by atoms with Crippen molar-refractivity contribution in [3.8, 4) is 11.5 Å². The molecule has 196 valence electrons. The Morgan fingerprint density at radius 3 is 2.42 bits per heavy atom. The van der Waals surface area contributed by atoms with E-state index < -0.39 is 27.4 Å². The van der Waals surface area contributed by atoms with Gasteiger partial charge in [-0.1, -0.05) is 0 Å². The van der Waals surface area contributed by atoms with Crippen molar-refractivity contribution in [2.45, 2.75) is 41.9 Å². The number of hydrogen-bond donors (Lipinski definition) is 1. The summed E-state index contributed by atoms with van der Waals surface area (Å²) >= 11 is -0.600. The standard InChI is InChI=1S/C25H31INO7PS/c1-5-33-35(30,34-6-2)14-17-7-9-19(10-8-17)27-25(29)26(4)23-12-18-11-21-22(32-15-31-21)13-20(18)24(28)16(3)36-23/h7-11,13,16,23H,5-6,12,14-15H2,1-4H3,(H,27,29)/t16-,23+/m0/s1. The van der Waals surface area contributed by atoms with E-state index in [1.165, 1.54) is 0 Å². The van der Waals surface area contributed by atoms with Gasteiger partial charge in [-0.2, -0.15) is 0 Å². The first-order chi connectivity index (χ1) is 17.2. The summed E-state index contributed by atoms with van der Waals surface area (Å²) in [7, 11) is -3.19. The Bertz CT molecular complexity index is 1170. The number of hydrogen-bond acceptors (Lipinski definition) is 8. The molecule has 2 aromatic carbocycles. The van der Waals surface area contributed by atoms with Crippen LogP contribution in [0.25, 0.3) is 0 Å². The molecule has 2 aromatic rings. The molecule has 0 bridgehead atoms. The normalized spacial score (nSPS) is 19.4. The molecule has 0 spiro atoms. The maximum atomic E-state index is 13.2. The van der Waals surface area contributed by atoms with Gasteiger partial charge in [0.05, 0.1) is 0 Å². The molecule has 8 nitrogen and oxygen atoms in total. The number of amides is 1. The second-order valence-electron chi connectivity index (χ2n) is 8.34. The zero-order valence-electron chi connectivity index (χ0n) is 20.7. The number of anilines is 1. The zero-order valence-corrected chi connectivity index (χ0v) is 24.6. The SMILES string of the molecule is CCOP(=O)(Cc1ccc(NC(=O)I(C)[C@H]2Cc3cc4c(cc3C(=O)[C@H](C)S2)OCO4)cc1)OCC. The average molecular weight is 647 g/mol. The number of ketones is 1. The van der Waals surface area contributed by atoms with Crippen LogP contribution in [0.2, 0.25) is 0 Å². The van der Waals surface area contributed by atoms with Gasteiger partial charge in [-0.15, -0.1) is 0 Å². The van der Waals surface area contributed by atoms with Gasteiger partial charge in [0.1, 0.15) is 0 Å². The maximum absolute atomic E-state index is 13.2. The minimum atomic E-state index is -3.19. The van der Waals surface area contributed by atoms with Gasteiger partial charge in [0.15, 0.2) is 0 Å². The number of fused-ring (bicyclic) bond motifs is 2. The van der Waals surface area contributed by atoms with E-state index in [4.69, 9.17) is 18.5 Å². The van der Waals surface area contributed by atoms with Gasteiger partial charge >= 0.3 is 224 Å². The molecule has 2 aliphatic heterocycles. The molecule has 0 unspecified atom stereocenters. The fourth-order valence-corrected chi connectivity index (χ4v) is 12.5. The van der Waals surface area contributed by atoms with Crippen molar-refractivity contribution in [2.75, 3.05) is 30.3 Å². The molecule has 2 heterocycles. The molecule has 11 heteroatoms. The van der Waals surface area contributed by atoms with Crippen molar-refractivity contribution < 1.29 is 32.7 Å². The minimum absolute atomic E-state index is 0.0302.